The van der Waals surface area contributed by atoms with Crippen molar-refractivity contribution in [2.75, 3.05) is 31.2 Å². The number of anilines is 1. The Hall–Kier alpha value is -1.88. The van der Waals surface area contributed by atoms with E-state index in [9.17, 15) is 4.79 Å². The van der Waals surface area contributed by atoms with E-state index in [1.54, 1.807) is 0 Å². The smallest absolute Gasteiger partial charge is 0.335 e. The largest absolute Gasteiger partial charge is 0.378 e. The molecule has 0 unspecified atom stereocenters. The summed E-state index contributed by atoms with van der Waals surface area (Å²) in [5.74, 6) is -0.239. The van der Waals surface area contributed by atoms with Gasteiger partial charge in [-0.2, -0.15) is 0 Å². The van der Waals surface area contributed by atoms with Crippen LogP contribution in [0.2, 0.25) is 0 Å². The second-order valence-electron chi connectivity index (χ2n) is 7.86. The Bertz CT molecular complexity index is 607. The first kappa shape index (κ1) is 23.4. The number of rotatable bonds is 13. The van der Waals surface area contributed by atoms with Gasteiger partial charge in [0.1, 0.15) is 0 Å². The second-order valence-corrected chi connectivity index (χ2v) is 7.86. The maximum absolute atomic E-state index is 11.9. The molecule has 1 aromatic rings. The molecule has 1 aliphatic rings. The van der Waals surface area contributed by atoms with Crippen LogP contribution in [-0.4, -0.2) is 38.0 Å². The number of carbonyl (C=O) groups excluding carboxylic acids is 1. The Kier molecular flexibility index (Phi) is 11.4. The highest BCUT2D eigenvalue weighted by atomic mass is 16.7. The number of nitrogens with zero attached hydrogens (tertiary/aromatic N) is 2. The maximum atomic E-state index is 11.9. The van der Waals surface area contributed by atoms with Crippen LogP contribution in [0.1, 0.15) is 83.6 Å². The SMILES string of the molecule is CCCCCCCCCCCC(=O)O/N=C(\C)c1ccc(N2CCOCC2)cc1. The minimum absolute atomic E-state index is 0.239. The lowest BCUT2D eigenvalue weighted by atomic mass is 10.1. The third-order valence-electron chi connectivity index (χ3n) is 5.43. The molecule has 0 spiro atoms. The van der Waals surface area contributed by atoms with Gasteiger partial charge >= 0.3 is 5.97 Å². The average molecular weight is 403 g/mol. The maximum Gasteiger partial charge on any atom is 0.335 e. The lowest BCUT2D eigenvalue weighted by molar-refractivity contribution is -0.143. The molecule has 1 aliphatic heterocycles. The molecular formula is C24H38N2O3. The van der Waals surface area contributed by atoms with Gasteiger partial charge in [-0.3, -0.25) is 0 Å². The van der Waals surface area contributed by atoms with Gasteiger partial charge in [-0.1, -0.05) is 75.6 Å². The summed E-state index contributed by atoms with van der Waals surface area (Å²) in [6, 6.07) is 8.23. The van der Waals surface area contributed by atoms with Crippen molar-refractivity contribution in [3.05, 3.63) is 29.8 Å². The number of benzene rings is 1. The summed E-state index contributed by atoms with van der Waals surface area (Å²) in [7, 11) is 0. The summed E-state index contributed by atoms with van der Waals surface area (Å²) in [5.41, 5.74) is 2.88. The monoisotopic (exact) mass is 402 g/mol. The van der Waals surface area contributed by atoms with Gasteiger partial charge in [0.05, 0.1) is 18.9 Å². The van der Waals surface area contributed by atoms with Gasteiger partial charge in [-0.05, 0) is 31.0 Å². The molecular weight excluding hydrogens is 364 g/mol. The highest BCUT2D eigenvalue weighted by Crippen LogP contribution is 2.17. The highest BCUT2D eigenvalue weighted by molar-refractivity contribution is 5.98. The third kappa shape index (κ3) is 9.44. The number of unbranched alkanes of at least 4 members (excludes halogenated alkanes) is 8. The molecule has 0 aromatic heterocycles. The molecule has 0 bridgehead atoms. The topological polar surface area (TPSA) is 51.1 Å². The standard InChI is InChI=1S/C24H38N2O3/c1-3-4-5-6-7-8-9-10-11-12-24(27)29-25-21(2)22-13-15-23(16-14-22)26-17-19-28-20-18-26/h13-16H,3-12,17-20H2,1-2H3/b25-21+. The van der Waals surface area contributed by atoms with Crippen LogP contribution >= 0.6 is 0 Å². The predicted molar refractivity (Wildman–Crippen MR) is 120 cm³/mol. The summed E-state index contributed by atoms with van der Waals surface area (Å²) >= 11 is 0. The van der Waals surface area contributed by atoms with Gasteiger partial charge in [0.25, 0.3) is 0 Å². The van der Waals surface area contributed by atoms with Crippen molar-refractivity contribution >= 4 is 17.4 Å². The van der Waals surface area contributed by atoms with Crippen LogP contribution in [0.25, 0.3) is 0 Å². The van der Waals surface area contributed by atoms with Gasteiger partial charge in [0.15, 0.2) is 0 Å². The Morgan fingerprint density at radius 3 is 2.17 bits per heavy atom. The van der Waals surface area contributed by atoms with Crippen LogP contribution in [0, 0.1) is 0 Å². The first-order valence-corrected chi connectivity index (χ1v) is 11.4. The summed E-state index contributed by atoms with van der Waals surface area (Å²) in [5, 5.41) is 4.03. The fourth-order valence-corrected chi connectivity index (χ4v) is 3.53. The molecule has 1 saturated heterocycles. The van der Waals surface area contributed by atoms with Gasteiger partial charge in [0, 0.05) is 25.2 Å². The average Bonchev–Trinajstić information content (AvgIpc) is 2.77. The fourth-order valence-electron chi connectivity index (χ4n) is 3.53. The number of morpholine rings is 1. The Balaban J connectivity index is 1.61. The van der Waals surface area contributed by atoms with Gasteiger partial charge < -0.3 is 14.5 Å². The molecule has 1 heterocycles. The van der Waals surface area contributed by atoms with E-state index in [1.165, 1.54) is 50.6 Å². The first-order chi connectivity index (χ1) is 14.2. The third-order valence-corrected chi connectivity index (χ3v) is 5.43. The minimum Gasteiger partial charge on any atom is -0.378 e. The zero-order chi connectivity index (χ0) is 20.7. The molecule has 0 N–H and O–H groups in total. The molecule has 0 radical (unpaired) electrons. The molecule has 1 fully saturated rings. The molecule has 0 atom stereocenters. The summed E-state index contributed by atoms with van der Waals surface area (Å²) < 4.78 is 5.39. The van der Waals surface area contributed by atoms with E-state index in [1.807, 2.05) is 19.1 Å². The van der Waals surface area contributed by atoms with Gasteiger partial charge in [-0.15, -0.1) is 0 Å². The summed E-state index contributed by atoms with van der Waals surface area (Å²) in [4.78, 5) is 19.3. The molecule has 1 aromatic carbocycles. The number of carbonyl (C=O) groups is 1. The van der Waals surface area contributed by atoms with E-state index >= 15 is 0 Å². The highest BCUT2D eigenvalue weighted by Gasteiger charge is 2.11. The summed E-state index contributed by atoms with van der Waals surface area (Å²) in [6.07, 6.45) is 11.6. The Labute approximate surface area is 176 Å². The molecule has 29 heavy (non-hydrogen) atoms. The first-order valence-electron chi connectivity index (χ1n) is 11.4. The lowest BCUT2D eigenvalue weighted by Gasteiger charge is -2.28. The lowest BCUT2D eigenvalue weighted by Crippen LogP contribution is -2.36. The van der Waals surface area contributed by atoms with Crippen molar-refractivity contribution in [3.63, 3.8) is 0 Å². The van der Waals surface area contributed by atoms with Crippen molar-refractivity contribution in [1.29, 1.82) is 0 Å². The Morgan fingerprint density at radius 1 is 0.966 bits per heavy atom. The molecule has 162 valence electrons. The molecule has 0 amide bonds. The predicted octanol–water partition coefficient (Wildman–Crippen LogP) is 5.71. The number of hydrogen-bond acceptors (Lipinski definition) is 5. The van der Waals surface area contributed by atoms with Crippen LogP contribution in [0.3, 0.4) is 0 Å². The van der Waals surface area contributed by atoms with E-state index in [2.05, 4.69) is 29.1 Å². The number of hydrogen-bond donors (Lipinski definition) is 0. The van der Waals surface area contributed by atoms with E-state index in [4.69, 9.17) is 9.57 Å². The van der Waals surface area contributed by atoms with Crippen LogP contribution in [0.15, 0.2) is 29.4 Å². The van der Waals surface area contributed by atoms with Crippen LogP contribution < -0.4 is 4.90 Å². The van der Waals surface area contributed by atoms with Crippen molar-refractivity contribution < 1.29 is 14.4 Å². The minimum atomic E-state index is -0.239. The van der Waals surface area contributed by atoms with E-state index in [-0.39, 0.29) is 5.97 Å². The zero-order valence-corrected chi connectivity index (χ0v) is 18.3. The zero-order valence-electron chi connectivity index (χ0n) is 18.3. The van der Waals surface area contributed by atoms with Crippen LogP contribution in [0.4, 0.5) is 5.69 Å². The van der Waals surface area contributed by atoms with Crippen LogP contribution in [-0.2, 0) is 14.4 Å². The normalized spacial score (nSPS) is 14.8. The van der Waals surface area contributed by atoms with Gasteiger partial charge in [-0.25, -0.2) is 4.79 Å². The summed E-state index contributed by atoms with van der Waals surface area (Å²) in [6.45, 7) is 7.50. The fraction of sp³-hybridized carbons (Fsp3) is 0.667. The quantitative estimate of drug-likeness (QED) is 0.183. The number of ether oxygens (including phenoxy) is 1. The molecule has 0 aliphatic carbocycles. The van der Waals surface area contributed by atoms with Gasteiger partial charge in [0.2, 0.25) is 0 Å². The van der Waals surface area contributed by atoms with Crippen LogP contribution in [0.5, 0.6) is 0 Å². The van der Waals surface area contributed by atoms with Crippen molar-refractivity contribution in [3.8, 4) is 0 Å². The van der Waals surface area contributed by atoms with E-state index < -0.39 is 0 Å². The number of oxime groups is 1. The van der Waals surface area contributed by atoms with Crippen molar-refractivity contribution in [2.45, 2.75) is 78.1 Å². The molecule has 5 heteroatoms. The molecule has 0 saturated carbocycles. The molecule has 5 nitrogen and oxygen atoms in total. The van der Waals surface area contributed by atoms with E-state index in [0.29, 0.717) is 6.42 Å². The molecule has 2 rings (SSSR count). The second kappa shape index (κ2) is 14.2. The van der Waals surface area contributed by atoms with Crippen molar-refractivity contribution in [2.24, 2.45) is 5.16 Å². The Morgan fingerprint density at radius 2 is 1.55 bits per heavy atom. The van der Waals surface area contributed by atoms with E-state index in [0.717, 1.165) is 50.4 Å². The van der Waals surface area contributed by atoms with Crippen molar-refractivity contribution in [1.82, 2.24) is 0 Å².